The van der Waals surface area contributed by atoms with Gasteiger partial charge >= 0.3 is 11.9 Å². The summed E-state index contributed by atoms with van der Waals surface area (Å²) in [6.07, 6.45) is -1.63. The van der Waals surface area contributed by atoms with Crippen LogP contribution < -0.4 is 43.8 Å². The maximum absolute atomic E-state index is 13.7. The van der Waals surface area contributed by atoms with Crippen LogP contribution in [0.1, 0.15) is 71.3 Å². The number of carbonyl (C=O) groups excluding carboxylic acids is 8. The highest BCUT2D eigenvalue weighted by Crippen LogP contribution is 2.20. The van der Waals surface area contributed by atoms with E-state index in [0.717, 1.165) is 10.5 Å². The van der Waals surface area contributed by atoms with Crippen molar-refractivity contribution in [2.24, 2.45) is 23.1 Å². The number of carboxylic acids is 2. The molecule has 1 aromatic carbocycles. The number of hydrogen-bond donors (Lipinski definition) is 10. The van der Waals surface area contributed by atoms with Crippen LogP contribution in [-0.4, -0.2) is 123 Å². The lowest BCUT2D eigenvalue weighted by Crippen LogP contribution is -2.60. The molecule has 0 aromatic heterocycles. The molecule has 314 valence electrons. The maximum Gasteiger partial charge on any atom is 0.326 e. The van der Waals surface area contributed by atoms with Crippen molar-refractivity contribution in [3.8, 4) is 0 Å². The van der Waals surface area contributed by atoms with Crippen molar-refractivity contribution in [3.05, 3.63) is 35.9 Å². The SMILES string of the molecule is CC(C)[C@H](NC(=O)[C@@H](N)Cc1ccccc1)C(=O)N[C@@H](CC(=O)O)C(=O)N[C@@H](C)C(=O)N[C@@H](CCC(N)=O)C(=O)N1CCC[C@H]1C(=O)N[C@@H](CCC(N)=O)C(=O)O. The summed E-state index contributed by atoms with van der Waals surface area (Å²) >= 11 is 0. The van der Waals surface area contributed by atoms with Gasteiger partial charge in [0.2, 0.25) is 47.3 Å². The minimum atomic E-state index is -1.73. The van der Waals surface area contributed by atoms with Crippen LogP contribution in [0, 0.1) is 5.92 Å². The van der Waals surface area contributed by atoms with Crippen LogP contribution in [0.2, 0.25) is 0 Å². The Bertz CT molecular complexity index is 1660. The summed E-state index contributed by atoms with van der Waals surface area (Å²) < 4.78 is 0. The van der Waals surface area contributed by atoms with Gasteiger partial charge in [0.05, 0.1) is 12.5 Å². The van der Waals surface area contributed by atoms with E-state index in [1.807, 2.05) is 0 Å². The van der Waals surface area contributed by atoms with E-state index in [1.165, 1.54) is 6.92 Å². The van der Waals surface area contributed by atoms with Crippen molar-refractivity contribution in [3.63, 3.8) is 0 Å². The molecule has 1 heterocycles. The van der Waals surface area contributed by atoms with Crippen LogP contribution >= 0.6 is 0 Å². The number of nitrogens with one attached hydrogen (secondary N) is 5. The molecule has 13 N–H and O–H groups in total. The van der Waals surface area contributed by atoms with E-state index in [2.05, 4.69) is 26.6 Å². The highest BCUT2D eigenvalue weighted by atomic mass is 16.4. The largest absolute Gasteiger partial charge is 0.481 e. The van der Waals surface area contributed by atoms with Crippen molar-refractivity contribution in [2.45, 2.75) is 114 Å². The lowest BCUT2D eigenvalue weighted by molar-refractivity contribution is -0.145. The summed E-state index contributed by atoms with van der Waals surface area (Å²) in [6, 6.07) is -0.657. The first-order valence-corrected chi connectivity index (χ1v) is 18.3. The Kier molecular flexibility index (Phi) is 18.5. The molecule has 1 fully saturated rings. The molecule has 1 aliphatic heterocycles. The van der Waals surface area contributed by atoms with Crippen molar-refractivity contribution >= 4 is 59.2 Å². The molecule has 0 bridgehead atoms. The molecule has 1 aliphatic rings. The van der Waals surface area contributed by atoms with Gasteiger partial charge in [-0.25, -0.2) is 4.79 Å². The summed E-state index contributed by atoms with van der Waals surface area (Å²) in [4.78, 5) is 127. The van der Waals surface area contributed by atoms with Gasteiger partial charge < -0.3 is 58.9 Å². The van der Waals surface area contributed by atoms with E-state index in [9.17, 15) is 58.2 Å². The van der Waals surface area contributed by atoms with E-state index in [-0.39, 0.29) is 45.1 Å². The van der Waals surface area contributed by atoms with Gasteiger partial charge in [0.1, 0.15) is 36.3 Å². The molecule has 21 nitrogen and oxygen atoms in total. The second-order valence-corrected chi connectivity index (χ2v) is 14.1. The third kappa shape index (κ3) is 15.5. The predicted octanol–water partition coefficient (Wildman–Crippen LogP) is -3.26. The Balaban J connectivity index is 2.16. The molecule has 0 radical (unpaired) electrons. The Morgan fingerprint density at radius 2 is 1.32 bits per heavy atom. The van der Waals surface area contributed by atoms with Gasteiger partial charge in [-0.05, 0) is 50.5 Å². The number of carboxylic acid groups (broad SMARTS) is 2. The second kappa shape index (κ2) is 22.4. The fourth-order valence-corrected chi connectivity index (χ4v) is 5.94. The van der Waals surface area contributed by atoms with E-state index < -0.39 is 114 Å². The summed E-state index contributed by atoms with van der Waals surface area (Å²) in [7, 11) is 0. The van der Waals surface area contributed by atoms with Gasteiger partial charge in [-0.15, -0.1) is 0 Å². The molecule has 57 heavy (non-hydrogen) atoms. The zero-order valence-electron chi connectivity index (χ0n) is 32.0. The summed E-state index contributed by atoms with van der Waals surface area (Å²) in [5.74, 6) is -10.3. The number of benzene rings is 1. The second-order valence-electron chi connectivity index (χ2n) is 14.1. The third-order valence-corrected chi connectivity index (χ3v) is 9.07. The average Bonchev–Trinajstić information content (AvgIpc) is 3.63. The van der Waals surface area contributed by atoms with Crippen molar-refractivity contribution in [2.75, 3.05) is 6.54 Å². The van der Waals surface area contributed by atoms with Crippen molar-refractivity contribution in [1.29, 1.82) is 0 Å². The lowest BCUT2D eigenvalue weighted by Gasteiger charge is -2.30. The van der Waals surface area contributed by atoms with E-state index in [1.54, 1.807) is 44.2 Å². The minimum Gasteiger partial charge on any atom is -0.481 e. The minimum absolute atomic E-state index is 0.0263. The number of amides is 8. The Morgan fingerprint density at radius 1 is 0.737 bits per heavy atom. The number of hydrogen-bond acceptors (Lipinski definition) is 11. The number of nitrogens with zero attached hydrogens (tertiary/aromatic N) is 1. The molecular formula is C36H53N9O12. The van der Waals surface area contributed by atoms with Crippen LogP contribution in [0.3, 0.4) is 0 Å². The van der Waals surface area contributed by atoms with Gasteiger partial charge in [-0.3, -0.25) is 43.2 Å². The lowest BCUT2D eigenvalue weighted by atomic mass is 10.0. The van der Waals surface area contributed by atoms with Crippen molar-refractivity contribution in [1.82, 2.24) is 31.5 Å². The highest BCUT2D eigenvalue weighted by Gasteiger charge is 2.40. The Labute approximate surface area is 328 Å². The summed E-state index contributed by atoms with van der Waals surface area (Å²) in [5, 5.41) is 30.9. The number of rotatable bonds is 23. The van der Waals surface area contributed by atoms with Crippen LogP contribution in [0.25, 0.3) is 0 Å². The monoisotopic (exact) mass is 803 g/mol. The molecule has 1 aromatic rings. The zero-order valence-corrected chi connectivity index (χ0v) is 32.0. The van der Waals surface area contributed by atoms with Gasteiger partial charge in [-0.2, -0.15) is 0 Å². The summed E-state index contributed by atoms with van der Waals surface area (Å²) in [6.45, 7) is 4.45. The van der Waals surface area contributed by atoms with Crippen LogP contribution in [0.5, 0.6) is 0 Å². The molecule has 0 unspecified atom stereocenters. The molecule has 0 saturated carbocycles. The predicted molar refractivity (Wildman–Crippen MR) is 200 cm³/mol. The molecule has 8 amide bonds. The highest BCUT2D eigenvalue weighted by molar-refractivity contribution is 5.98. The Hall–Kier alpha value is -6.12. The maximum atomic E-state index is 13.7. The normalized spacial score (nSPS) is 16.8. The quantitative estimate of drug-likeness (QED) is 0.0520. The molecular weight excluding hydrogens is 750 g/mol. The Morgan fingerprint density at radius 3 is 1.86 bits per heavy atom. The first-order chi connectivity index (χ1) is 26.7. The van der Waals surface area contributed by atoms with Gasteiger partial charge in [-0.1, -0.05) is 44.2 Å². The fourth-order valence-electron chi connectivity index (χ4n) is 5.94. The van der Waals surface area contributed by atoms with E-state index in [0.29, 0.717) is 6.42 Å². The first kappa shape index (κ1) is 47.0. The molecule has 7 atom stereocenters. The van der Waals surface area contributed by atoms with Gasteiger partial charge in [0.15, 0.2) is 0 Å². The zero-order chi connectivity index (χ0) is 43.0. The van der Waals surface area contributed by atoms with E-state index >= 15 is 0 Å². The molecule has 0 aliphatic carbocycles. The fraction of sp³-hybridized carbons (Fsp3) is 0.556. The van der Waals surface area contributed by atoms with Gasteiger partial charge in [0.25, 0.3) is 0 Å². The third-order valence-electron chi connectivity index (χ3n) is 9.07. The smallest absolute Gasteiger partial charge is 0.326 e. The molecule has 1 saturated heterocycles. The number of nitrogens with two attached hydrogens (primary N) is 3. The van der Waals surface area contributed by atoms with E-state index in [4.69, 9.17) is 17.2 Å². The standard InChI is InChI=1S/C36H53N9O12/c1-18(2)29(44-31(51)21(37)16-20-8-5-4-6-9-20)34(54)43-24(17-28(48)49)32(52)40-19(3)30(50)41-22(11-13-26(38)46)35(55)45-15-7-10-25(45)33(53)42-23(36(56)57)12-14-27(39)47/h4-6,8-9,18-19,21-25,29H,7,10-17,37H2,1-3H3,(H2,38,46)(H2,39,47)(H,40,52)(H,41,50)(H,42,53)(H,43,54)(H,44,51)(H,48,49)(H,56,57)/t19-,21-,22-,23-,24-,25-,29-/m0/s1. The number of likely N-dealkylation sites (tertiary alicyclic amines) is 1. The number of carbonyl (C=O) groups is 10. The van der Waals surface area contributed by atoms with Crippen LogP contribution in [-0.2, 0) is 54.4 Å². The number of primary amides is 2. The van der Waals surface area contributed by atoms with Crippen LogP contribution in [0.15, 0.2) is 30.3 Å². The molecule has 21 heteroatoms. The topological polar surface area (TPSA) is 353 Å². The average molecular weight is 804 g/mol. The summed E-state index contributed by atoms with van der Waals surface area (Å²) in [5.41, 5.74) is 17.2. The van der Waals surface area contributed by atoms with Crippen molar-refractivity contribution < 1.29 is 58.2 Å². The first-order valence-electron chi connectivity index (χ1n) is 18.3. The molecule has 0 spiro atoms. The van der Waals surface area contributed by atoms with Crippen LogP contribution in [0.4, 0.5) is 0 Å². The number of aliphatic carboxylic acids is 2. The van der Waals surface area contributed by atoms with Gasteiger partial charge in [0, 0.05) is 19.4 Å². The molecule has 2 rings (SSSR count).